The minimum Gasteiger partial charge on any atom is -0.469 e. The normalized spacial score (nSPS) is 13.2. The van der Waals surface area contributed by atoms with Gasteiger partial charge in [0, 0.05) is 0 Å². The molecule has 0 rings (SSSR count). The summed E-state index contributed by atoms with van der Waals surface area (Å²) in [6.45, 7) is 4.15. The van der Waals surface area contributed by atoms with Gasteiger partial charge in [-0.25, -0.2) is 0 Å². The summed E-state index contributed by atoms with van der Waals surface area (Å²) >= 11 is 0. The number of carbonyl (C=O) groups excluding carboxylic acids is 1. The van der Waals surface area contributed by atoms with Crippen LogP contribution in [0.1, 0.15) is 33.1 Å². The van der Waals surface area contributed by atoms with E-state index in [1.807, 2.05) is 6.92 Å². The van der Waals surface area contributed by atoms with Crippen molar-refractivity contribution in [3.05, 3.63) is 12.2 Å². The summed E-state index contributed by atoms with van der Waals surface area (Å²) in [5.74, 6) is 0.160. The zero-order valence-corrected chi connectivity index (χ0v) is 8.17. The summed E-state index contributed by atoms with van der Waals surface area (Å²) in [4.78, 5) is 10.8. The van der Waals surface area contributed by atoms with E-state index in [4.69, 9.17) is 0 Å². The fraction of sp³-hybridized carbons (Fsp3) is 0.700. The van der Waals surface area contributed by atoms with E-state index in [1.165, 1.54) is 7.11 Å². The highest BCUT2D eigenvalue weighted by Gasteiger charge is 2.04. The number of esters is 1. The lowest BCUT2D eigenvalue weighted by atomic mass is 10.1. The molecule has 70 valence electrons. The summed E-state index contributed by atoms with van der Waals surface area (Å²) in [6.07, 6.45) is 6.91. The van der Waals surface area contributed by atoms with Crippen molar-refractivity contribution in [1.82, 2.24) is 0 Å². The van der Waals surface area contributed by atoms with E-state index in [0.717, 1.165) is 12.8 Å². The summed E-state index contributed by atoms with van der Waals surface area (Å²) in [7, 11) is 1.42. The molecule has 0 aromatic heterocycles. The molecule has 0 aliphatic heterocycles. The molecule has 1 atom stereocenters. The van der Waals surface area contributed by atoms with Crippen LogP contribution < -0.4 is 0 Å². The summed E-state index contributed by atoms with van der Waals surface area (Å²) in [5, 5.41) is 0. The van der Waals surface area contributed by atoms with Crippen molar-refractivity contribution in [2.75, 3.05) is 7.11 Å². The summed E-state index contributed by atoms with van der Waals surface area (Å²) in [5.41, 5.74) is 0. The predicted molar refractivity (Wildman–Crippen MR) is 49.8 cm³/mol. The molecule has 0 heterocycles. The van der Waals surface area contributed by atoms with E-state index >= 15 is 0 Å². The Morgan fingerprint density at radius 1 is 1.58 bits per heavy atom. The topological polar surface area (TPSA) is 26.3 Å². The number of rotatable bonds is 5. The number of hydrogen-bond acceptors (Lipinski definition) is 2. The lowest BCUT2D eigenvalue weighted by Gasteiger charge is -2.02. The molecule has 0 bridgehead atoms. The third-order valence-electron chi connectivity index (χ3n) is 1.64. The molecule has 12 heavy (non-hydrogen) atoms. The van der Waals surface area contributed by atoms with Crippen molar-refractivity contribution in [3.8, 4) is 0 Å². The fourth-order valence-corrected chi connectivity index (χ4v) is 0.909. The maximum atomic E-state index is 10.8. The Kier molecular flexibility index (Phi) is 6.44. The molecule has 0 fully saturated rings. The highest BCUT2D eigenvalue weighted by Crippen LogP contribution is 2.05. The van der Waals surface area contributed by atoms with E-state index in [-0.39, 0.29) is 5.97 Å². The monoisotopic (exact) mass is 170 g/mol. The Labute approximate surface area is 74.6 Å². The molecule has 0 aromatic rings. The van der Waals surface area contributed by atoms with Crippen molar-refractivity contribution in [2.45, 2.75) is 33.1 Å². The number of hydrogen-bond donors (Lipinski definition) is 0. The Balaban J connectivity index is 3.58. The lowest BCUT2D eigenvalue weighted by Crippen LogP contribution is -2.04. The van der Waals surface area contributed by atoms with Gasteiger partial charge in [-0.1, -0.05) is 32.4 Å². The summed E-state index contributed by atoms with van der Waals surface area (Å²) < 4.78 is 4.55. The number of carbonyl (C=O) groups is 1. The first-order valence-corrected chi connectivity index (χ1v) is 4.44. The molecule has 0 aliphatic carbocycles. The van der Waals surface area contributed by atoms with Crippen LogP contribution in [0.25, 0.3) is 0 Å². The molecule has 0 radical (unpaired) electrons. The Bertz CT molecular complexity index is 150. The molecule has 0 N–H and O–H groups in total. The van der Waals surface area contributed by atoms with Gasteiger partial charge in [-0.05, 0) is 12.3 Å². The molecule has 0 saturated heterocycles. The van der Waals surface area contributed by atoms with Gasteiger partial charge in [0.2, 0.25) is 0 Å². The number of unbranched alkanes of at least 4 members (excludes halogenated alkanes) is 1. The molecule has 0 spiro atoms. The van der Waals surface area contributed by atoms with Crippen LogP contribution in [0.4, 0.5) is 0 Å². The van der Waals surface area contributed by atoms with Crippen LogP contribution in [0, 0.1) is 5.92 Å². The third-order valence-corrected chi connectivity index (χ3v) is 1.64. The Morgan fingerprint density at radius 2 is 2.25 bits per heavy atom. The lowest BCUT2D eigenvalue weighted by molar-refractivity contribution is -0.141. The van der Waals surface area contributed by atoms with Crippen LogP contribution >= 0.6 is 0 Å². The van der Waals surface area contributed by atoms with E-state index in [1.54, 1.807) is 0 Å². The van der Waals surface area contributed by atoms with Crippen LogP contribution in [0.5, 0.6) is 0 Å². The highest BCUT2D eigenvalue weighted by molar-refractivity contribution is 5.69. The largest absolute Gasteiger partial charge is 0.469 e. The second-order valence-electron chi connectivity index (χ2n) is 2.97. The average molecular weight is 170 g/mol. The predicted octanol–water partition coefficient (Wildman–Crippen LogP) is 2.54. The Morgan fingerprint density at radius 3 is 2.75 bits per heavy atom. The van der Waals surface area contributed by atoms with Crippen LogP contribution in [0.3, 0.4) is 0 Å². The van der Waals surface area contributed by atoms with E-state index in [0.29, 0.717) is 12.3 Å². The highest BCUT2D eigenvalue weighted by atomic mass is 16.5. The van der Waals surface area contributed by atoms with Crippen molar-refractivity contribution in [2.24, 2.45) is 5.92 Å². The molecule has 1 unspecified atom stereocenters. The first kappa shape index (κ1) is 11.2. The SMILES string of the molecule is CCC/C=C/C(C)CC(=O)OC. The summed E-state index contributed by atoms with van der Waals surface area (Å²) in [6, 6.07) is 0. The van der Waals surface area contributed by atoms with Crippen molar-refractivity contribution in [1.29, 1.82) is 0 Å². The quantitative estimate of drug-likeness (QED) is 0.468. The Hall–Kier alpha value is -0.790. The molecule has 0 aromatic carbocycles. The van der Waals surface area contributed by atoms with Gasteiger partial charge >= 0.3 is 5.97 Å². The van der Waals surface area contributed by atoms with Crippen molar-refractivity contribution < 1.29 is 9.53 Å². The zero-order chi connectivity index (χ0) is 9.40. The van der Waals surface area contributed by atoms with Gasteiger partial charge in [0.05, 0.1) is 13.5 Å². The number of allylic oxidation sites excluding steroid dienone is 2. The van der Waals surface area contributed by atoms with Gasteiger partial charge in [0.25, 0.3) is 0 Å². The smallest absolute Gasteiger partial charge is 0.306 e. The number of ether oxygens (including phenoxy) is 1. The van der Waals surface area contributed by atoms with Crippen LogP contribution in [-0.2, 0) is 9.53 Å². The van der Waals surface area contributed by atoms with E-state index in [2.05, 4.69) is 23.8 Å². The van der Waals surface area contributed by atoms with Gasteiger partial charge in [-0.2, -0.15) is 0 Å². The minimum absolute atomic E-state index is 0.136. The van der Waals surface area contributed by atoms with E-state index < -0.39 is 0 Å². The first-order valence-electron chi connectivity index (χ1n) is 4.44. The van der Waals surface area contributed by atoms with Gasteiger partial charge < -0.3 is 4.74 Å². The third kappa shape index (κ3) is 5.96. The molecular formula is C10H18O2. The number of methoxy groups -OCH3 is 1. The minimum atomic E-state index is -0.136. The van der Waals surface area contributed by atoms with Gasteiger partial charge in [0.15, 0.2) is 0 Å². The maximum absolute atomic E-state index is 10.8. The van der Waals surface area contributed by atoms with E-state index in [9.17, 15) is 4.79 Å². The molecule has 0 saturated carbocycles. The van der Waals surface area contributed by atoms with Crippen LogP contribution in [0.2, 0.25) is 0 Å². The van der Waals surface area contributed by atoms with Crippen LogP contribution in [-0.4, -0.2) is 13.1 Å². The van der Waals surface area contributed by atoms with Gasteiger partial charge in [0.1, 0.15) is 0 Å². The van der Waals surface area contributed by atoms with Crippen molar-refractivity contribution in [3.63, 3.8) is 0 Å². The molecule has 0 amide bonds. The second kappa shape index (κ2) is 6.89. The molecule has 2 nitrogen and oxygen atoms in total. The van der Waals surface area contributed by atoms with Gasteiger partial charge in [-0.15, -0.1) is 0 Å². The zero-order valence-electron chi connectivity index (χ0n) is 8.17. The molecule has 2 heteroatoms. The fourth-order valence-electron chi connectivity index (χ4n) is 0.909. The van der Waals surface area contributed by atoms with Crippen molar-refractivity contribution >= 4 is 5.97 Å². The first-order chi connectivity index (χ1) is 5.70. The van der Waals surface area contributed by atoms with Gasteiger partial charge in [-0.3, -0.25) is 4.79 Å². The second-order valence-corrected chi connectivity index (χ2v) is 2.97. The van der Waals surface area contributed by atoms with Crippen LogP contribution in [0.15, 0.2) is 12.2 Å². The maximum Gasteiger partial charge on any atom is 0.306 e. The standard InChI is InChI=1S/C10H18O2/c1-4-5-6-7-9(2)8-10(11)12-3/h6-7,9H,4-5,8H2,1-3H3/b7-6+. The molecule has 0 aliphatic rings. The molecular weight excluding hydrogens is 152 g/mol. The average Bonchev–Trinajstić information content (AvgIpc) is 2.05.